The van der Waals surface area contributed by atoms with E-state index in [-0.39, 0.29) is 18.0 Å². The van der Waals surface area contributed by atoms with Gasteiger partial charge in [0.15, 0.2) is 5.82 Å². The number of aromatic nitrogens is 3. The number of nitrogens with zero attached hydrogens (tertiary/aromatic N) is 4. The molecule has 1 aliphatic heterocycles. The van der Waals surface area contributed by atoms with Crippen molar-refractivity contribution in [1.29, 1.82) is 0 Å². The number of likely N-dealkylation sites (tertiary alicyclic amines) is 1. The molecule has 0 spiro atoms. The Balaban J connectivity index is 1.65. The average molecular weight is 334 g/mol. The van der Waals surface area contributed by atoms with Crippen LogP contribution in [-0.2, 0) is 0 Å². The number of rotatable bonds is 4. The molecule has 3 rings (SSSR count). The summed E-state index contributed by atoms with van der Waals surface area (Å²) in [5.41, 5.74) is 0.592. The topological polar surface area (TPSA) is 80.2 Å². The number of methoxy groups -OCH3 is 1. The lowest BCUT2D eigenvalue weighted by molar-refractivity contribution is 0.0791. The third-order valence-corrected chi connectivity index (χ3v) is 3.91. The second-order valence-corrected chi connectivity index (χ2v) is 5.58. The monoisotopic (exact) mass is 333 g/mol. The van der Waals surface area contributed by atoms with E-state index in [0.717, 1.165) is 6.42 Å². The summed E-state index contributed by atoms with van der Waals surface area (Å²) in [6.07, 6.45) is 5.53. The van der Waals surface area contributed by atoms with Crippen molar-refractivity contribution in [2.75, 3.05) is 25.5 Å². The van der Waals surface area contributed by atoms with Gasteiger partial charge in [0.2, 0.25) is 0 Å². The van der Waals surface area contributed by atoms with Gasteiger partial charge in [-0.15, -0.1) is 0 Å². The van der Waals surface area contributed by atoms with E-state index in [1.807, 2.05) is 0 Å². The fraction of sp³-hybridized carbons (Fsp3) is 0.333. The van der Waals surface area contributed by atoms with Gasteiger partial charge in [-0.1, -0.05) is 11.6 Å². The predicted molar refractivity (Wildman–Crippen MR) is 85.8 cm³/mol. The Morgan fingerprint density at radius 1 is 1.48 bits per heavy atom. The lowest BCUT2D eigenvalue weighted by Gasteiger charge is -2.17. The van der Waals surface area contributed by atoms with Gasteiger partial charge >= 0.3 is 6.01 Å². The summed E-state index contributed by atoms with van der Waals surface area (Å²) in [4.78, 5) is 26.3. The van der Waals surface area contributed by atoms with Gasteiger partial charge in [-0.2, -0.15) is 4.98 Å². The van der Waals surface area contributed by atoms with Crippen molar-refractivity contribution in [2.45, 2.75) is 12.5 Å². The highest BCUT2D eigenvalue weighted by molar-refractivity contribution is 6.32. The molecule has 0 aromatic carbocycles. The van der Waals surface area contributed by atoms with Crippen LogP contribution < -0.4 is 10.1 Å². The summed E-state index contributed by atoms with van der Waals surface area (Å²) in [6.45, 7) is 1.25. The van der Waals surface area contributed by atoms with Crippen LogP contribution in [0.15, 0.2) is 30.7 Å². The number of nitrogens with one attached hydrogen (secondary N) is 1. The molecule has 23 heavy (non-hydrogen) atoms. The first kappa shape index (κ1) is 15.5. The molecule has 0 saturated carbocycles. The molecule has 8 heteroatoms. The van der Waals surface area contributed by atoms with E-state index in [1.165, 1.54) is 13.3 Å². The van der Waals surface area contributed by atoms with Crippen molar-refractivity contribution in [1.82, 2.24) is 19.9 Å². The van der Waals surface area contributed by atoms with Crippen molar-refractivity contribution in [3.05, 3.63) is 41.3 Å². The molecule has 1 fully saturated rings. The second-order valence-electron chi connectivity index (χ2n) is 5.18. The summed E-state index contributed by atoms with van der Waals surface area (Å²) in [5.74, 6) is 0.493. The Morgan fingerprint density at radius 2 is 2.35 bits per heavy atom. The van der Waals surface area contributed by atoms with Gasteiger partial charge in [0.1, 0.15) is 5.02 Å². The van der Waals surface area contributed by atoms with Gasteiger partial charge in [-0.25, -0.2) is 4.98 Å². The average Bonchev–Trinajstić information content (AvgIpc) is 3.05. The summed E-state index contributed by atoms with van der Waals surface area (Å²) in [6, 6.07) is 3.85. The van der Waals surface area contributed by atoms with Gasteiger partial charge in [0.05, 0.1) is 18.9 Å². The number of halogens is 1. The number of carbonyl (C=O) groups excluding carboxylic acids is 1. The molecule has 0 radical (unpaired) electrons. The maximum absolute atomic E-state index is 12.4. The van der Waals surface area contributed by atoms with Gasteiger partial charge in [0, 0.05) is 31.5 Å². The Kier molecular flexibility index (Phi) is 4.57. The van der Waals surface area contributed by atoms with Crippen LogP contribution in [0.3, 0.4) is 0 Å². The number of hydrogen-bond acceptors (Lipinski definition) is 6. The van der Waals surface area contributed by atoms with E-state index >= 15 is 0 Å². The van der Waals surface area contributed by atoms with Crippen LogP contribution in [0.5, 0.6) is 6.01 Å². The first-order valence-corrected chi connectivity index (χ1v) is 7.57. The van der Waals surface area contributed by atoms with Crippen LogP contribution in [0.4, 0.5) is 5.82 Å². The number of hydrogen-bond donors (Lipinski definition) is 1. The van der Waals surface area contributed by atoms with E-state index in [9.17, 15) is 4.79 Å². The molecule has 1 amide bonds. The van der Waals surface area contributed by atoms with E-state index in [2.05, 4.69) is 20.3 Å². The highest BCUT2D eigenvalue weighted by atomic mass is 35.5. The zero-order valence-electron chi connectivity index (χ0n) is 12.6. The molecule has 1 unspecified atom stereocenters. The van der Waals surface area contributed by atoms with Crippen LogP contribution in [0.1, 0.15) is 16.8 Å². The number of anilines is 1. The van der Waals surface area contributed by atoms with Crippen molar-refractivity contribution < 1.29 is 9.53 Å². The fourth-order valence-corrected chi connectivity index (χ4v) is 2.62. The Bertz CT molecular complexity index is 698. The first-order valence-electron chi connectivity index (χ1n) is 7.19. The lowest BCUT2D eigenvalue weighted by atomic mass is 10.2. The first-order chi connectivity index (χ1) is 11.2. The van der Waals surface area contributed by atoms with E-state index in [4.69, 9.17) is 16.3 Å². The minimum Gasteiger partial charge on any atom is -0.467 e. The summed E-state index contributed by atoms with van der Waals surface area (Å²) in [7, 11) is 1.50. The summed E-state index contributed by atoms with van der Waals surface area (Å²) < 4.78 is 5.00. The highest BCUT2D eigenvalue weighted by Gasteiger charge is 2.27. The predicted octanol–water partition coefficient (Wildman–Crippen LogP) is 1.86. The summed E-state index contributed by atoms with van der Waals surface area (Å²) >= 11 is 6.09. The van der Waals surface area contributed by atoms with E-state index < -0.39 is 0 Å². The largest absolute Gasteiger partial charge is 0.467 e. The smallest absolute Gasteiger partial charge is 0.318 e. The van der Waals surface area contributed by atoms with Crippen LogP contribution in [0.2, 0.25) is 5.02 Å². The fourth-order valence-electron chi connectivity index (χ4n) is 2.48. The number of ether oxygens (including phenoxy) is 1. The number of carbonyl (C=O) groups is 1. The summed E-state index contributed by atoms with van der Waals surface area (Å²) in [5, 5.41) is 3.67. The van der Waals surface area contributed by atoms with Gasteiger partial charge < -0.3 is 15.0 Å². The molecule has 1 aliphatic rings. The molecular formula is C15H16ClN5O2. The molecule has 0 aliphatic carbocycles. The van der Waals surface area contributed by atoms with Crippen molar-refractivity contribution in [3.63, 3.8) is 0 Å². The molecule has 1 atom stereocenters. The normalized spacial score (nSPS) is 17.1. The zero-order chi connectivity index (χ0) is 16.2. The van der Waals surface area contributed by atoms with Gasteiger partial charge in [0.25, 0.3) is 5.91 Å². The minimum absolute atomic E-state index is 0.0197. The maximum Gasteiger partial charge on any atom is 0.318 e. The molecular weight excluding hydrogens is 318 g/mol. The molecule has 3 heterocycles. The van der Waals surface area contributed by atoms with Crippen LogP contribution in [-0.4, -0.2) is 52.0 Å². The lowest BCUT2D eigenvalue weighted by Crippen LogP contribution is -2.31. The minimum atomic E-state index is -0.0197. The SMILES string of the molecule is COc1ncc(Cl)c(NC2CCN(C(=O)c3cccnc3)C2)n1. The van der Waals surface area contributed by atoms with E-state index in [0.29, 0.717) is 29.5 Å². The van der Waals surface area contributed by atoms with Crippen molar-refractivity contribution in [3.8, 4) is 6.01 Å². The quantitative estimate of drug-likeness (QED) is 0.920. The molecule has 1 saturated heterocycles. The third-order valence-electron chi connectivity index (χ3n) is 3.63. The van der Waals surface area contributed by atoms with Crippen molar-refractivity contribution in [2.24, 2.45) is 0 Å². The Hall–Kier alpha value is -2.41. The second kappa shape index (κ2) is 6.78. The van der Waals surface area contributed by atoms with Crippen LogP contribution >= 0.6 is 11.6 Å². The molecule has 120 valence electrons. The zero-order valence-corrected chi connectivity index (χ0v) is 13.3. The number of amides is 1. The Labute approximate surface area is 138 Å². The van der Waals surface area contributed by atoms with E-state index in [1.54, 1.807) is 29.4 Å². The molecule has 7 nitrogen and oxygen atoms in total. The van der Waals surface area contributed by atoms with Gasteiger partial charge in [-0.05, 0) is 18.6 Å². The molecule has 0 bridgehead atoms. The van der Waals surface area contributed by atoms with Crippen LogP contribution in [0, 0.1) is 0 Å². The Morgan fingerprint density at radius 3 is 3.09 bits per heavy atom. The molecule has 1 N–H and O–H groups in total. The molecule has 2 aromatic heterocycles. The van der Waals surface area contributed by atoms with Crippen LogP contribution in [0.25, 0.3) is 0 Å². The standard InChI is InChI=1S/C15H16ClN5O2/c1-23-15-18-8-12(16)13(20-15)19-11-4-6-21(9-11)14(22)10-3-2-5-17-7-10/h2-3,5,7-8,11H,4,6,9H2,1H3,(H,18,19,20). The van der Waals surface area contributed by atoms with Crippen molar-refractivity contribution >= 4 is 23.3 Å². The maximum atomic E-state index is 12.4. The number of pyridine rings is 1. The van der Waals surface area contributed by atoms with Gasteiger partial charge in [-0.3, -0.25) is 9.78 Å². The highest BCUT2D eigenvalue weighted by Crippen LogP contribution is 2.23. The molecule has 2 aromatic rings. The third kappa shape index (κ3) is 3.50.